The summed E-state index contributed by atoms with van der Waals surface area (Å²) in [5.74, 6) is 0.415. The maximum absolute atomic E-state index is 12.1. The van der Waals surface area contributed by atoms with Gasteiger partial charge in [0.1, 0.15) is 6.10 Å². The number of hydrogen-bond donors (Lipinski definition) is 1. The van der Waals surface area contributed by atoms with E-state index in [4.69, 9.17) is 10.1 Å². The van der Waals surface area contributed by atoms with Gasteiger partial charge in [-0.25, -0.2) is 0 Å². The molecule has 2 unspecified atom stereocenters. The predicted molar refractivity (Wildman–Crippen MR) is 71.4 cm³/mol. The van der Waals surface area contributed by atoms with Crippen LogP contribution in [0.25, 0.3) is 10.4 Å². The van der Waals surface area contributed by atoms with Crippen molar-refractivity contribution in [2.45, 2.75) is 6.10 Å². The molecular weight excluding hydrogens is 265 g/mol. The van der Waals surface area contributed by atoms with Gasteiger partial charge in [0.05, 0.1) is 5.70 Å². The van der Waals surface area contributed by atoms with Gasteiger partial charge in [-0.3, -0.25) is 4.52 Å². The third kappa shape index (κ3) is 3.22. The van der Waals surface area contributed by atoms with Crippen molar-refractivity contribution in [3.63, 3.8) is 0 Å². The summed E-state index contributed by atoms with van der Waals surface area (Å²) in [6.07, 6.45) is 3.36. The second-order valence-corrected chi connectivity index (χ2v) is 4.80. The Morgan fingerprint density at radius 3 is 2.79 bits per heavy atom. The molecule has 2 atom stereocenters. The van der Waals surface area contributed by atoms with Crippen LogP contribution in [0.5, 0.6) is 5.75 Å². The molecule has 1 aromatic carbocycles. The van der Waals surface area contributed by atoms with Crippen LogP contribution in [0.2, 0.25) is 0 Å². The predicted octanol–water partition coefficient (Wildman–Crippen LogP) is 2.03. The van der Waals surface area contributed by atoms with Gasteiger partial charge in [0.15, 0.2) is 5.75 Å². The zero-order valence-electron chi connectivity index (χ0n) is 9.75. The van der Waals surface area contributed by atoms with Crippen LogP contribution in [0.3, 0.4) is 0 Å². The van der Waals surface area contributed by atoms with Gasteiger partial charge in [0.25, 0.3) is 8.00 Å². The number of rotatable bonds is 3. The molecule has 96 valence electrons. The molecule has 0 saturated carbocycles. The highest BCUT2D eigenvalue weighted by atomic mass is 31.1. The molecule has 0 aromatic heterocycles. The van der Waals surface area contributed by atoms with Crippen molar-refractivity contribution in [2.75, 3.05) is 0 Å². The minimum absolute atomic E-state index is 0.0687. The normalized spacial score (nSPS) is 20.3. The number of para-hydroxylation sites is 1. The van der Waals surface area contributed by atoms with Crippen LogP contribution in [0.4, 0.5) is 0 Å². The van der Waals surface area contributed by atoms with Crippen molar-refractivity contribution in [3.8, 4) is 5.75 Å². The molecule has 0 saturated heterocycles. The topological polar surface area (TPSA) is 101 Å². The standard InChI is InChI=1S/C12H10N3O3P/c13-15-14-10-7-4-8-11(16)12(10)19(17)18-9-5-2-1-3-6-9/h1-8,11,16H. The van der Waals surface area contributed by atoms with Crippen molar-refractivity contribution in [1.82, 2.24) is 0 Å². The Morgan fingerprint density at radius 1 is 1.37 bits per heavy atom. The summed E-state index contributed by atoms with van der Waals surface area (Å²) in [6, 6.07) is 8.58. The summed E-state index contributed by atoms with van der Waals surface area (Å²) in [5.41, 5.74) is 8.58. The first-order valence-corrected chi connectivity index (χ1v) is 6.59. The fourth-order valence-electron chi connectivity index (χ4n) is 1.54. The fourth-order valence-corrected chi connectivity index (χ4v) is 2.56. The number of aliphatic hydroxyl groups is 1. The molecule has 6 nitrogen and oxygen atoms in total. The lowest BCUT2D eigenvalue weighted by Gasteiger charge is -2.12. The molecule has 2 rings (SSSR count). The maximum atomic E-state index is 12.1. The summed E-state index contributed by atoms with van der Waals surface area (Å²) >= 11 is 0. The first-order valence-electron chi connectivity index (χ1n) is 5.41. The number of azide groups is 1. The average molecular weight is 275 g/mol. The smallest absolute Gasteiger partial charge is 0.284 e. The van der Waals surface area contributed by atoms with Gasteiger partial charge in [0, 0.05) is 4.91 Å². The van der Waals surface area contributed by atoms with Crippen LogP contribution in [-0.4, -0.2) is 16.5 Å². The van der Waals surface area contributed by atoms with Gasteiger partial charge in [0.2, 0.25) is 5.29 Å². The Hall–Kier alpha value is -2.10. The van der Waals surface area contributed by atoms with Crippen LogP contribution < -0.4 is 9.42 Å². The minimum Gasteiger partial charge on any atom is -0.595 e. The third-order valence-electron chi connectivity index (χ3n) is 2.37. The van der Waals surface area contributed by atoms with Crippen LogP contribution >= 0.6 is 8.00 Å². The number of aliphatic hydroxyl groups excluding tert-OH is 1. The van der Waals surface area contributed by atoms with E-state index in [1.165, 1.54) is 18.2 Å². The zero-order valence-corrected chi connectivity index (χ0v) is 10.6. The Labute approximate surface area is 110 Å². The lowest BCUT2D eigenvalue weighted by atomic mass is 10.1. The van der Waals surface area contributed by atoms with Crippen LogP contribution in [0, 0.1) is 0 Å². The van der Waals surface area contributed by atoms with Gasteiger partial charge in [-0.05, 0) is 29.8 Å². The zero-order chi connectivity index (χ0) is 13.7. The molecule has 7 heteroatoms. The van der Waals surface area contributed by atoms with Crippen molar-refractivity contribution >= 4 is 13.3 Å². The van der Waals surface area contributed by atoms with Gasteiger partial charge >= 0.3 is 0 Å². The minimum atomic E-state index is -2.33. The first kappa shape index (κ1) is 13.3. The van der Waals surface area contributed by atoms with E-state index in [0.717, 1.165) is 0 Å². The van der Waals surface area contributed by atoms with Crippen LogP contribution in [0.1, 0.15) is 0 Å². The molecular formula is C12H10N3O3P. The number of allylic oxidation sites excluding steroid dienone is 2. The Morgan fingerprint density at radius 2 is 2.11 bits per heavy atom. The van der Waals surface area contributed by atoms with Gasteiger partial charge in [-0.1, -0.05) is 29.4 Å². The first-order chi connectivity index (χ1) is 9.22. The number of hydrogen-bond acceptors (Lipinski definition) is 4. The second kappa shape index (κ2) is 6.18. The maximum Gasteiger partial charge on any atom is 0.284 e. The van der Waals surface area contributed by atoms with E-state index in [9.17, 15) is 10.00 Å². The van der Waals surface area contributed by atoms with Crippen molar-refractivity contribution in [2.24, 2.45) is 5.11 Å². The highest BCUT2D eigenvalue weighted by Gasteiger charge is 2.26. The SMILES string of the molecule is [N-]=[N+]=NC1=CC=CC(O)C1=[P+]([O-])Oc1ccccc1. The highest BCUT2D eigenvalue weighted by Crippen LogP contribution is 2.28. The molecule has 0 fully saturated rings. The van der Waals surface area contributed by atoms with E-state index < -0.39 is 14.1 Å². The van der Waals surface area contributed by atoms with Crippen LogP contribution in [-0.2, 0) is 0 Å². The van der Waals surface area contributed by atoms with Crippen LogP contribution in [0.15, 0.2) is 59.4 Å². The lowest BCUT2D eigenvalue weighted by molar-refractivity contribution is -0.165. The molecule has 1 aliphatic carbocycles. The average Bonchev–Trinajstić information content (AvgIpc) is 2.40. The highest BCUT2D eigenvalue weighted by molar-refractivity contribution is 7.48. The summed E-state index contributed by atoms with van der Waals surface area (Å²) < 4.78 is 5.25. The van der Waals surface area contributed by atoms with Gasteiger partial charge < -0.3 is 10.00 Å². The van der Waals surface area contributed by atoms with E-state index in [0.29, 0.717) is 5.75 Å². The van der Waals surface area contributed by atoms with E-state index in [1.807, 2.05) is 0 Å². The van der Waals surface area contributed by atoms with E-state index in [2.05, 4.69) is 10.0 Å². The molecule has 0 amide bonds. The molecule has 19 heavy (non-hydrogen) atoms. The molecule has 1 aliphatic rings. The monoisotopic (exact) mass is 275 g/mol. The Kier molecular flexibility index (Phi) is 4.34. The summed E-state index contributed by atoms with van der Waals surface area (Å²) in [7, 11) is -2.33. The summed E-state index contributed by atoms with van der Waals surface area (Å²) in [4.78, 5) is 14.8. The summed E-state index contributed by atoms with van der Waals surface area (Å²) in [6.45, 7) is 0. The second-order valence-electron chi connectivity index (χ2n) is 3.62. The van der Waals surface area contributed by atoms with E-state index in [-0.39, 0.29) is 11.0 Å². The van der Waals surface area contributed by atoms with E-state index in [1.54, 1.807) is 30.3 Å². The molecule has 1 aromatic rings. The number of benzene rings is 1. The van der Waals surface area contributed by atoms with Gasteiger partial charge in [-0.15, -0.1) is 0 Å². The largest absolute Gasteiger partial charge is 0.595 e. The van der Waals surface area contributed by atoms with E-state index >= 15 is 0 Å². The number of nitrogens with zero attached hydrogens (tertiary/aromatic N) is 3. The molecule has 0 bridgehead atoms. The molecule has 0 aliphatic heterocycles. The van der Waals surface area contributed by atoms with Crippen molar-refractivity contribution < 1.29 is 14.5 Å². The van der Waals surface area contributed by atoms with Gasteiger partial charge in [-0.2, -0.15) is 0 Å². The van der Waals surface area contributed by atoms with Crippen molar-refractivity contribution in [3.05, 3.63) is 64.7 Å². The summed E-state index contributed by atoms with van der Waals surface area (Å²) in [5, 5.41) is 13.3. The fraction of sp³-hybridized carbons (Fsp3) is 0.0833. The molecule has 0 radical (unpaired) electrons. The molecule has 1 N–H and O–H groups in total. The Bertz CT molecular complexity index is 604. The van der Waals surface area contributed by atoms with Crippen molar-refractivity contribution in [1.29, 1.82) is 0 Å². The quantitative estimate of drug-likeness (QED) is 0.395. The lowest BCUT2D eigenvalue weighted by Crippen LogP contribution is -2.24. The molecule has 0 heterocycles. The molecule has 0 spiro atoms. The third-order valence-corrected chi connectivity index (χ3v) is 3.63. The Balaban J connectivity index is 2.35.